The quantitative estimate of drug-likeness (QED) is 0.859. The van der Waals surface area contributed by atoms with E-state index in [-0.39, 0.29) is 5.91 Å². The van der Waals surface area contributed by atoms with Crippen molar-refractivity contribution in [2.45, 2.75) is 33.6 Å². The Morgan fingerprint density at radius 3 is 2.59 bits per heavy atom. The van der Waals surface area contributed by atoms with Gasteiger partial charge in [0, 0.05) is 12.2 Å². The molecule has 2 N–H and O–H groups in total. The van der Waals surface area contributed by atoms with Gasteiger partial charge in [0.05, 0.1) is 0 Å². The van der Waals surface area contributed by atoms with E-state index in [1.54, 1.807) is 12.1 Å². The van der Waals surface area contributed by atoms with Crippen molar-refractivity contribution >= 4 is 17.4 Å². The molecular weight excluding hydrogens is 276 g/mol. The molecule has 1 amide bonds. The van der Waals surface area contributed by atoms with E-state index >= 15 is 0 Å². The number of benzene rings is 1. The summed E-state index contributed by atoms with van der Waals surface area (Å²) in [7, 11) is 0. The minimum atomic E-state index is -0.189. The first-order valence-corrected chi connectivity index (χ1v) is 7.63. The third-order valence-electron chi connectivity index (χ3n) is 3.43. The smallest absolute Gasteiger partial charge is 0.271 e. The minimum Gasteiger partial charge on any atom is -0.351 e. The number of aromatic nitrogens is 2. The molecule has 0 aliphatic rings. The normalized spacial score (nSPS) is 10.3. The van der Waals surface area contributed by atoms with Crippen LogP contribution in [0.4, 0.5) is 11.5 Å². The third-order valence-corrected chi connectivity index (χ3v) is 3.43. The number of nitrogens with zero attached hydrogens (tertiary/aromatic N) is 2. The zero-order valence-corrected chi connectivity index (χ0v) is 13.3. The van der Waals surface area contributed by atoms with E-state index in [1.165, 1.54) is 5.56 Å². The summed E-state index contributed by atoms with van der Waals surface area (Å²) in [4.78, 5) is 11.8. The van der Waals surface area contributed by atoms with Gasteiger partial charge in [0.1, 0.15) is 0 Å². The van der Waals surface area contributed by atoms with E-state index in [9.17, 15) is 4.79 Å². The summed E-state index contributed by atoms with van der Waals surface area (Å²) in [6, 6.07) is 9.66. The summed E-state index contributed by atoms with van der Waals surface area (Å²) in [5.41, 5.74) is 3.78. The summed E-state index contributed by atoms with van der Waals surface area (Å²) >= 11 is 0. The number of rotatable bonds is 6. The first-order chi connectivity index (χ1) is 10.7. The standard InChI is InChI=1S/C17H22N4O/c1-4-11-18-17(22)14-9-10-15(21-20-14)19-16-12(3)7-6-8-13(16)5-2/h6-10H,4-5,11H2,1-3H3,(H,18,22)(H,19,21). The van der Waals surface area contributed by atoms with Gasteiger partial charge in [-0.25, -0.2) is 0 Å². The van der Waals surface area contributed by atoms with Crippen molar-refractivity contribution in [2.75, 3.05) is 11.9 Å². The number of carbonyl (C=O) groups excluding carboxylic acids is 1. The molecule has 0 spiro atoms. The Morgan fingerprint density at radius 1 is 1.14 bits per heavy atom. The highest BCUT2D eigenvalue weighted by Gasteiger charge is 2.09. The number of carbonyl (C=O) groups is 1. The molecule has 2 aromatic rings. The molecule has 5 heteroatoms. The van der Waals surface area contributed by atoms with Gasteiger partial charge in [-0.3, -0.25) is 4.79 Å². The van der Waals surface area contributed by atoms with Crippen LogP contribution in [0.25, 0.3) is 0 Å². The van der Waals surface area contributed by atoms with Crippen LogP contribution in [0.5, 0.6) is 0 Å². The molecular formula is C17H22N4O. The van der Waals surface area contributed by atoms with Gasteiger partial charge >= 0.3 is 0 Å². The first-order valence-electron chi connectivity index (χ1n) is 7.63. The monoisotopic (exact) mass is 298 g/mol. The van der Waals surface area contributed by atoms with E-state index in [1.807, 2.05) is 13.0 Å². The first kappa shape index (κ1) is 15.9. The summed E-state index contributed by atoms with van der Waals surface area (Å²) in [6.45, 7) is 6.82. The van der Waals surface area contributed by atoms with Crippen LogP contribution < -0.4 is 10.6 Å². The zero-order valence-electron chi connectivity index (χ0n) is 13.3. The summed E-state index contributed by atoms with van der Waals surface area (Å²) in [5.74, 6) is 0.446. The number of hydrogen-bond acceptors (Lipinski definition) is 4. The number of anilines is 2. The topological polar surface area (TPSA) is 66.9 Å². The van der Waals surface area contributed by atoms with Crippen LogP contribution in [0.15, 0.2) is 30.3 Å². The van der Waals surface area contributed by atoms with Gasteiger partial charge in [0.25, 0.3) is 5.91 Å². The van der Waals surface area contributed by atoms with Crippen LogP contribution in [-0.4, -0.2) is 22.6 Å². The molecule has 0 unspecified atom stereocenters. The molecule has 2 rings (SSSR count). The highest BCUT2D eigenvalue weighted by atomic mass is 16.1. The molecule has 1 aromatic heterocycles. The molecule has 0 aliphatic carbocycles. The molecule has 0 bridgehead atoms. The molecule has 0 fully saturated rings. The lowest BCUT2D eigenvalue weighted by molar-refractivity contribution is 0.0947. The predicted octanol–water partition coefficient (Wildman–Crippen LogP) is 3.23. The molecule has 0 saturated heterocycles. The Kier molecular flexibility index (Phi) is 5.47. The third kappa shape index (κ3) is 3.81. The van der Waals surface area contributed by atoms with E-state index in [0.29, 0.717) is 18.1 Å². The van der Waals surface area contributed by atoms with E-state index < -0.39 is 0 Å². The Balaban J connectivity index is 2.14. The molecule has 116 valence electrons. The van der Waals surface area contributed by atoms with Crippen molar-refractivity contribution in [3.8, 4) is 0 Å². The number of nitrogens with one attached hydrogen (secondary N) is 2. The summed E-state index contributed by atoms with van der Waals surface area (Å²) < 4.78 is 0. The maximum atomic E-state index is 11.8. The number of hydrogen-bond donors (Lipinski definition) is 2. The van der Waals surface area contributed by atoms with Gasteiger partial charge in [0.2, 0.25) is 0 Å². The maximum Gasteiger partial charge on any atom is 0.271 e. The second kappa shape index (κ2) is 7.54. The number of amides is 1. The van der Waals surface area contributed by atoms with Crippen molar-refractivity contribution in [1.82, 2.24) is 15.5 Å². The Morgan fingerprint density at radius 2 is 1.95 bits per heavy atom. The highest BCUT2D eigenvalue weighted by molar-refractivity contribution is 5.92. The van der Waals surface area contributed by atoms with Crippen molar-refractivity contribution in [2.24, 2.45) is 0 Å². The second-order valence-electron chi connectivity index (χ2n) is 5.15. The van der Waals surface area contributed by atoms with Gasteiger partial charge in [-0.1, -0.05) is 32.0 Å². The van der Waals surface area contributed by atoms with Gasteiger partial charge in [-0.05, 0) is 43.0 Å². The largest absolute Gasteiger partial charge is 0.351 e. The van der Waals surface area contributed by atoms with Crippen molar-refractivity contribution in [3.05, 3.63) is 47.2 Å². The fourth-order valence-corrected chi connectivity index (χ4v) is 2.18. The zero-order chi connectivity index (χ0) is 15.9. The van der Waals surface area contributed by atoms with E-state index in [2.05, 4.69) is 46.8 Å². The van der Waals surface area contributed by atoms with Crippen LogP contribution in [0.2, 0.25) is 0 Å². The Labute approximate surface area is 131 Å². The molecule has 0 aliphatic heterocycles. The second-order valence-corrected chi connectivity index (χ2v) is 5.15. The summed E-state index contributed by atoms with van der Waals surface area (Å²) in [5, 5.41) is 14.2. The van der Waals surface area contributed by atoms with Crippen LogP contribution >= 0.6 is 0 Å². The minimum absolute atomic E-state index is 0.189. The maximum absolute atomic E-state index is 11.8. The van der Waals surface area contributed by atoms with E-state index in [4.69, 9.17) is 0 Å². The number of aryl methyl sites for hydroxylation is 2. The average Bonchev–Trinajstić information content (AvgIpc) is 2.55. The fraction of sp³-hybridized carbons (Fsp3) is 0.353. The van der Waals surface area contributed by atoms with Crippen molar-refractivity contribution in [1.29, 1.82) is 0 Å². The molecule has 22 heavy (non-hydrogen) atoms. The Bertz CT molecular complexity index is 638. The van der Waals surface area contributed by atoms with Crippen LogP contribution in [-0.2, 0) is 6.42 Å². The SMILES string of the molecule is CCCNC(=O)c1ccc(Nc2c(C)cccc2CC)nn1. The fourth-order valence-electron chi connectivity index (χ4n) is 2.18. The molecule has 0 saturated carbocycles. The molecule has 0 radical (unpaired) electrons. The van der Waals surface area contributed by atoms with E-state index in [0.717, 1.165) is 24.1 Å². The predicted molar refractivity (Wildman–Crippen MR) is 88.5 cm³/mol. The van der Waals surface area contributed by atoms with Crippen molar-refractivity contribution < 1.29 is 4.79 Å². The van der Waals surface area contributed by atoms with Gasteiger partial charge in [0.15, 0.2) is 11.5 Å². The lowest BCUT2D eigenvalue weighted by atomic mass is 10.1. The number of para-hydroxylation sites is 1. The van der Waals surface area contributed by atoms with Crippen LogP contribution in [0.1, 0.15) is 41.9 Å². The van der Waals surface area contributed by atoms with Crippen LogP contribution in [0, 0.1) is 6.92 Å². The lowest BCUT2D eigenvalue weighted by Gasteiger charge is -2.13. The van der Waals surface area contributed by atoms with Crippen LogP contribution in [0.3, 0.4) is 0 Å². The lowest BCUT2D eigenvalue weighted by Crippen LogP contribution is -2.25. The molecule has 1 aromatic carbocycles. The summed E-state index contributed by atoms with van der Waals surface area (Å²) in [6.07, 6.45) is 1.83. The van der Waals surface area contributed by atoms with Gasteiger partial charge in [-0.15, -0.1) is 10.2 Å². The van der Waals surface area contributed by atoms with Crippen molar-refractivity contribution in [3.63, 3.8) is 0 Å². The molecule has 1 heterocycles. The Hall–Kier alpha value is -2.43. The molecule has 0 atom stereocenters. The van der Waals surface area contributed by atoms with Gasteiger partial charge < -0.3 is 10.6 Å². The highest BCUT2D eigenvalue weighted by Crippen LogP contribution is 2.24. The van der Waals surface area contributed by atoms with Gasteiger partial charge in [-0.2, -0.15) is 0 Å². The molecule has 5 nitrogen and oxygen atoms in total. The average molecular weight is 298 g/mol.